The predicted octanol–water partition coefficient (Wildman–Crippen LogP) is 1.27. The Kier molecular flexibility index (Phi) is 3.86. The Labute approximate surface area is 108 Å². The molecule has 0 saturated heterocycles. The maximum atomic E-state index is 13.9. The van der Waals surface area contributed by atoms with Crippen LogP contribution in [0.3, 0.4) is 0 Å². The van der Waals surface area contributed by atoms with E-state index in [0.29, 0.717) is 5.56 Å². The van der Waals surface area contributed by atoms with Crippen molar-refractivity contribution in [3.8, 4) is 5.69 Å². The third kappa shape index (κ3) is 3.14. The number of benzene rings is 1. The van der Waals surface area contributed by atoms with Crippen molar-refractivity contribution in [1.82, 2.24) is 14.8 Å². The molecule has 19 heavy (non-hydrogen) atoms. The minimum atomic E-state index is -0.921. The fraction of sp³-hybridized carbons (Fsp3) is 0.250. The van der Waals surface area contributed by atoms with E-state index < -0.39 is 17.8 Å². The van der Waals surface area contributed by atoms with E-state index in [-0.39, 0.29) is 18.5 Å². The zero-order valence-corrected chi connectivity index (χ0v) is 10.0. The van der Waals surface area contributed by atoms with Crippen LogP contribution in [0.4, 0.5) is 4.39 Å². The average molecular weight is 264 g/mol. The van der Waals surface area contributed by atoms with Gasteiger partial charge in [-0.2, -0.15) is 5.10 Å². The summed E-state index contributed by atoms with van der Waals surface area (Å²) < 4.78 is 15.2. The number of hydrogen-bond donors (Lipinski definition) is 2. The second-order valence-electron chi connectivity index (χ2n) is 4.09. The van der Waals surface area contributed by atoms with Crippen molar-refractivity contribution < 1.29 is 14.3 Å². The number of rotatable bonds is 5. The van der Waals surface area contributed by atoms with E-state index in [9.17, 15) is 9.18 Å². The predicted molar refractivity (Wildman–Crippen MR) is 65.1 cm³/mol. The van der Waals surface area contributed by atoms with Crippen LogP contribution in [0.2, 0.25) is 0 Å². The number of aliphatic carboxylic acids is 1. The number of carboxylic acid groups (broad SMARTS) is 1. The van der Waals surface area contributed by atoms with Crippen LogP contribution in [0, 0.1) is 5.82 Å². The van der Waals surface area contributed by atoms with E-state index in [1.807, 2.05) is 0 Å². The summed E-state index contributed by atoms with van der Waals surface area (Å²) >= 11 is 0. The number of nitrogens with zero attached hydrogens (tertiary/aromatic N) is 3. The van der Waals surface area contributed by atoms with E-state index >= 15 is 0 Å². The zero-order chi connectivity index (χ0) is 13.8. The highest BCUT2D eigenvalue weighted by molar-refractivity contribution is 5.66. The molecule has 0 bridgehead atoms. The molecule has 2 aromatic rings. The number of halogens is 1. The molecule has 1 unspecified atom stereocenters. The third-order valence-corrected chi connectivity index (χ3v) is 2.73. The van der Waals surface area contributed by atoms with E-state index in [0.717, 1.165) is 0 Å². The Balaban J connectivity index is 2.17. The molecule has 6 nitrogen and oxygen atoms in total. The van der Waals surface area contributed by atoms with Crippen molar-refractivity contribution in [3.05, 3.63) is 42.2 Å². The minimum absolute atomic E-state index is 0.0480. The van der Waals surface area contributed by atoms with Gasteiger partial charge in [0.2, 0.25) is 0 Å². The molecule has 0 spiro atoms. The molecule has 1 heterocycles. The highest BCUT2D eigenvalue weighted by Crippen LogP contribution is 2.20. The van der Waals surface area contributed by atoms with Gasteiger partial charge in [-0.1, -0.05) is 6.07 Å². The van der Waals surface area contributed by atoms with Crippen LogP contribution < -0.4 is 5.73 Å². The first kappa shape index (κ1) is 13.2. The second kappa shape index (κ2) is 5.57. The molecule has 100 valence electrons. The number of nitrogens with two attached hydrogens (primary N) is 1. The van der Waals surface area contributed by atoms with E-state index in [1.165, 1.54) is 23.4 Å². The first-order valence-electron chi connectivity index (χ1n) is 5.69. The third-order valence-electron chi connectivity index (χ3n) is 2.73. The molecule has 2 rings (SSSR count). The van der Waals surface area contributed by atoms with Crippen LogP contribution in [0.25, 0.3) is 5.69 Å². The van der Waals surface area contributed by atoms with Crippen molar-refractivity contribution in [2.24, 2.45) is 5.73 Å². The molecular formula is C12H13FN4O2. The molecule has 0 radical (unpaired) electrons. The number of carbonyl (C=O) groups is 1. The average Bonchev–Trinajstić information content (AvgIpc) is 2.89. The Hall–Kier alpha value is -2.28. The number of carboxylic acids is 1. The van der Waals surface area contributed by atoms with Gasteiger partial charge in [0.15, 0.2) is 0 Å². The van der Waals surface area contributed by atoms with E-state index in [4.69, 9.17) is 10.8 Å². The van der Waals surface area contributed by atoms with Crippen LogP contribution in [0.15, 0.2) is 30.9 Å². The van der Waals surface area contributed by atoms with Gasteiger partial charge < -0.3 is 10.8 Å². The second-order valence-corrected chi connectivity index (χ2v) is 4.09. The summed E-state index contributed by atoms with van der Waals surface area (Å²) in [4.78, 5) is 14.2. The van der Waals surface area contributed by atoms with Crippen molar-refractivity contribution in [3.63, 3.8) is 0 Å². The topological polar surface area (TPSA) is 94.0 Å². The Morgan fingerprint density at radius 2 is 2.32 bits per heavy atom. The number of hydrogen-bond acceptors (Lipinski definition) is 4. The Morgan fingerprint density at radius 1 is 1.53 bits per heavy atom. The quantitative estimate of drug-likeness (QED) is 0.848. The van der Waals surface area contributed by atoms with Crippen molar-refractivity contribution in [2.75, 3.05) is 0 Å². The van der Waals surface area contributed by atoms with Crippen molar-refractivity contribution >= 4 is 5.97 Å². The maximum absolute atomic E-state index is 13.9. The SMILES string of the molecule is NC(CCC(=O)O)c1ccc(-n2cncn2)c(F)c1. The lowest BCUT2D eigenvalue weighted by Crippen LogP contribution is -2.13. The first-order valence-corrected chi connectivity index (χ1v) is 5.69. The smallest absolute Gasteiger partial charge is 0.303 e. The van der Waals surface area contributed by atoms with Gasteiger partial charge in [0.05, 0.1) is 0 Å². The molecule has 0 aliphatic heterocycles. The molecule has 0 aliphatic rings. The maximum Gasteiger partial charge on any atom is 0.303 e. The van der Waals surface area contributed by atoms with Gasteiger partial charge in [0, 0.05) is 12.5 Å². The molecular weight excluding hydrogens is 251 g/mol. The van der Waals surface area contributed by atoms with Crippen molar-refractivity contribution in [1.29, 1.82) is 0 Å². The monoisotopic (exact) mass is 264 g/mol. The molecule has 1 aromatic carbocycles. The molecule has 0 aliphatic carbocycles. The standard InChI is InChI=1S/C12H13FN4O2/c13-9-5-8(10(14)2-4-12(18)19)1-3-11(9)17-7-15-6-16-17/h1,3,5-7,10H,2,4,14H2,(H,18,19). The summed E-state index contributed by atoms with van der Waals surface area (Å²) in [7, 11) is 0. The van der Waals surface area contributed by atoms with Crippen LogP contribution in [0.5, 0.6) is 0 Å². The van der Waals surface area contributed by atoms with Gasteiger partial charge in [-0.3, -0.25) is 4.79 Å². The molecule has 1 atom stereocenters. The molecule has 3 N–H and O–H groups in total. The molecule has 0 saturated carbocycles. The molecule has 7 heteroatoms. The van der Waals surface area contributed by atoms with Gasteiger partial charge in [0.25, 0.3) is 0 Å². The fourth-order valence-electron chi connectivity index (χ4n) is 1.72. The van der Waals surface area contributed by atoms with E-state index in [1.54, 1.807) is 12.1 Å². The lowest BCUT2D eigenvalue weighted by atomic mass is 10.0. The van der Waals surface area contributed by atoms with Crippen LogP contribution >= 0.6 is 0 Å². The normalized spacial score (nSPS) is 12.3. The zero-order valence-electron chi connectivity index (χ0n) is 10.0. The van der Waals surface area contributed by atoms with Crippen LogP contribution in [-0.2, 0) is 4.79 Å². The van der Waals surface area contributed by atoms with Crippen LogP contribution in [0.1, 0.15) is 24.4 Å². The van der Waals surface area contributed by atoms with Crippen molar-refractivity contribution in [2.45, 2.75) is 18.9 Å². The Morgan fingerprint density at radius 3 is 2.89 bits per heavy atom. The summed E-state index contributed by atoms with van der Waals surface area (Å²) in [5.74, 6) is -1.40. The van der Waals surface area contributed by atoms with E-state index in [2.05, 4.69) is 10.1 Å². The first-order chi connectivity index (χ1) is 9.08. The summed E-state index contributed by atoms with van der Waals surface area (Å²) in [5, 5.41) is 12.4. The highest BCUT2D eigenvalue weighted by atomic mass is 19.1. The summed E-state index contributed by atoms with van der Waals surface area (Å²) in [5.41, 5.74) is 6.64. The Bertz CT molecular complexity index is 571. The highest BCUT2D eigenvalue weighted by Gasteiger charge is 2.12. The summed E-state index contributed by atoms with van der Waals surface area (Å²) in [6.45, 7) is 0. The molecule has 0 fully saturated rings. The summed E-state index contributed by atoms with van der Waals surface area (Å²) in [6.07, 6.45) is 2.92. The molecule has 1 aromatic heterocycles. The fourth-order valence-corrected chi connectivity index (χ4v) is 1.72. The lowest BCUT2D eigenvalue weighted by molar-refractivity contribution is -0.137. The number of aromatic nitrogens is 3. The van der Waals surface area contributed by atoms with Gasteiger partial charge in [-0.25, -0.2) is 14.1 Å². The molecule has 0 amide bonds. The van der Waals surface area contributed by atoms with Gasteiger partial charge >= 0.3 is 5.97 Å². The summed E-state index contributed by atoms with van der Waals surface area (Å²) in [6, 6.07) is 3.99. The largest absolute Gasteiger partial charge is 0.481 e. The van der Waals surface area contributed by atoms with Gasteiger partial charge in [-0.05, 0) is 24.1 Å². The van der Waals surface area contributed by atoms with Gasteiger partial charge in [-0.15, -0.1) is 0 Å². The minimum Gasteiger partial charge on any atom is -0.481 e. The van der Waals surface area contributed by atoms with Gasteiger partial charge in [0.1, 0.15) is 24.2 Å². The lowest BCUT2D eigenvalue weighted by Gasteiger charge is -2.12. The van der Waals surface area contributed by atoms with Crippen LogP contribution in [-0.4, -0.2) is 25.8 Å².